The average Bonchev–Trinajstić information content (AvgIpc) is 3.30. The second kappa shape index (κ2) is 49.7. The van der Waals surface area contributed by atoms with Crippen LogP contribution in [-0.2, 0) is 18.4 Å². The van der Waals surface area contributed by atoms with Crippen molar-refractivity contribution in [1.82, 2.24) is 5.32 Å². The SMILES string of the molecule is CC/C=C\C/C=C\C/C=C\C/C=C\C/C=C\C/C=C\CCCCCCCCCCCCCCCCCCC(=O)NC(COP(=O)([O-])OCC[N+](C)(C)C)C(O)/C=C/CCCCCCCCCCC. The van der Waals surface area contributed by atoms with Crippen molar-refractivity contribution in [3.63, 3.8) is 0 Å². The van der Waals surface area contributed by atoms with Crippen molar-refractivity contribution in [3.8, 4) is 0 Å². The minimum Gasteiger partial charge on any atom is -0.756 e. The first-order valence-corrected chi connectivity index (χ1v) is 29.4. The molecule has 0 rings (SSSR count). The zero-order valence-electron chi connectivity index (χ0n) is 44.8. The Morgan fingerprint density at radius 2 is 0.897 bits per heavy atom. The molecule has 0 fully saturated rings. The largest absolute Gasteiger partial charge is 0.756 e. The number of aliphatic hydroxyl groups is 1. The van der Waals surface area contributed by atoms with Crippen LogP contribution in [0.25, 0.3) is 0 Å². The Kier molecular flexibility index (Phi) is 48.0. The summed E-state index contributed by atoms with van der Waals surface area (Å²) in [6.07, 6.45) is 69.5. The topological polar surface area (TPSA) is 108 Å². The third-order valence-corrected chi connectivity index (χ3v) is 13.1. The molecule has 0 radical (unpaired) electrons. The molecule has 68 heavy (non-hydrogen) atoms. The third kappa shape index (κ3) is 51.5. The lowest BCUT2D eigenvalue weighted by Gasteiger charge is -2.29. The summed E-state index contributed by atoms with van der Waals surface area (Å²) in [5.41, 5.74) is 0. The number of carbonyl (C=O) groups excluding carboxylic acids is 1. The van der Waals surface area contributed by atoms with Crippen LogP contribution in [0.4, 0.5) is 0 Å². The van der Waals surface area contributed by atoms with Gasteiger partial charge in [-0.15, -0.1) is 0 Å². The molecular formula is C59H107N2O6P. The van der Waals surface area contributed by atoms with Crippen LogP contribution in [0.3, 0.4) is 0 Å². The molecule has 9 heteroatoms. The van der Waals surface area contributed by atoms with E-state index in [-0.39, 0.29) is 19.1 Å². The summed E-state index contributed by atoms with van der Waals surface area (Å²) in [5, 5.41) is 13.8. The Bertz CT molecular complexity index is 1380. The van der Waals surface area contributed by atoms with Gasteiger partial charge >= 0.3 is 0 Å². The normalized spacial score (nSPS) is 14.6. The number of phosphoric acid groups is 1. The van der Waals surface area contributed by atoms with Crippen molar-refractivity contribution >= 4 is 13.7 Å². The second-order valence-electron chi connectivity index (χ2n) is 19.9. The van der Waals surface area contributed by atoms with Gasteiger partial charge in [-0.1, -0.05) is 240 Å². The predicted octanol–water partition coefficient (Wildman–Crippen LogP) is 16.2. The number of allylic oxidation sites excluding steroid dienone is 13. The molecule has 2 N–H and O–H groups in total. The van der Waals surface area contributed by atoms with Gasteiger partial charge in [-0.25, -0.2) is 0 Å². The van der Waals surface area contributed by atoms with Crippen LogP contribution in [0.2, 0.25) is 0 Å². The zero-order valence-corrected chi connectivity index (χ0v) is 45.7. The second-order valence-corrected chi connectivity index (χ2v) is 21.3. The van der Waals surface area contributed by atoms with Crippen LogP contribution in [-0.4, -0.2) is 68.5 Å². The molecule has 3 unspecified atom stereocenters. The quantitative estimate of drug-likeness (QED) is 0.0272. The number of hydrogen-bond acceptors (Lipinski definition) is 6. The van der Waals surface area contributed by atoms with Crippen LogP contribution in [0.15, 0.2) is 85.1 Å². The number of amides is 1. The predicted molar refractivity (Wildman–Crippen MR) is 293 cm³/mol. The van der Waals surface area contributed by atoms with Gasteiger partial charge in [0.1, 0.15) is 13.2 Å². The van der Waals surface area contributed by atoms with Gasteiger partial charge in [0.05, 0.1) is 39.9 Å². The molecule has 0 aliphatic carbocycles. The Labute approximate surface area is 420 Å². The molecule has 0 spiro atoms. The highest BCUT2D eigenvalue weighted by atomic mass is 31.2. The maximum Gasteiger partial charge on any atom is 0.268 e. The fourth-order valence-electron chi connectivity index (χ4n) is 7.74. The van der Waals surface area contributed by atoms with Crippen molar-refractivity contribution in [1.29, 1.82) is 0 Å². The summed E-state index contributed by atoms with van der Waals surface area (Å²) in [5.74, 6) is -0.200. The van der Waals surface area contributed by atoms with Gasteiger partial charge < -0.3 is 28.8 Å². The number of unbranched alkanes of at least 4 members (excludes halogenated alkanes) is 25. The van der Waals surface area contributed by atoms with Gasteiger partial charge in [0.15, 0.2) is 0 Å². The Hall–Kier alpha value is -2.32. The molecule has 0 heterocycles. The number of nitrogens with one attached hydrogen (secondary N) is 1. The fraction of sp³-hybridized carbons (Fsp3) is 0.746. The molecule has 0 saturated heterocycles. The molecule has 0 aliphatic rings. The first kappa shape index (κ1) is 65.7. The molecular weight excluding hydrogens is 864 g/mol. The Morgan fingerprint density at radius 1 is 0.529 bits per heavy atom. The van der Waals surface area contributed by atoms with Crippen LogP contribution >= 0.6 is 7.82 Å². The lowest BCUT2D eigenvalue weighted by atomic mass is 10.0. The van der Waals surface area contributed by atoms with Gasteiger partial charge in [-0.05, 0) is 70.6 Å². The molecule has 0 bridgehead atoms. The van der Waals surface area contributed by atoms with Gasteiger partial charge in [-0.2, -0.15) is 0 Å². The number of carbonyl (C=O) groups is 1. The highest BCUT2D eigenvalue weighted by molar-refractivity contribution is 7.45. The summed E-state index contributed by atoms with van der Waals surface area (Å²) in [4.78, 5) is 25.4. The number of hydrogen-bond donors (Lipinski definition) is 2. The van der Waals surface area contributed by atoms with Crippen molar-refractivity contribution in [2.75, 3.05) is 40.9 Å². The van der Waals surface area contributed by atoms with Gasteiger partial charge in [-0.3, -0.25) is 9.36 Å². The molecule has 0 aliphatic heterocycles. The summed E-state index contributed by atoms with van der Waals surface area (Å²) in [7, 11) is 1.26. The molecule has 3 atom stereocenters. The van der Waals surface area contributed by atoms with Crippen molar-refractivity contribution < 1.29 is 32.9 Å². The molecule has 394 valence electrons. The fourth-order valence-corrected chi connectivity index (χ4v) is 8.47. The molecule has 0 saturated carbocycles. The van der Waals surface area contributed by atoms with E-state index >= 15 is 0 Å². The van der Waals surface area contributed by atoms with E-state index in [9.17, 15) is 19.4 Å². The number of rotatable bonds is 50. The van der Waals surface area contributed by atoms with Gasteiger partial charge in [0, 0.05) is 6.42 Å². The number of aliphatic hydroxyl groups excluding tert-OH is 1. The van der Waals surface area contributed by atoms with Crippen molar-refractivity contribution in [2.24, 2.45) is 0 Å². The summed E-state index contributed by atoms with van der Waals surface area (Å²) < 4.78 is 23.2. The monoisotopic (exact) mass is 971 g/mol. The van der Waals surface area contributed by atoms with Gasteiger partial charge in [0.25, 0.3) is 7.82 Å². The average molecular weight is 971 g/mol. The Morgan fingerprint density at radius 3 is 1.31 bits per heavy atom. The van der Waals surface area contributed by atoms with E-state index in [0.717, 1.165) is 77.0 Å². The van der Waals surface area contributed by atoms with Gasteiger partial charge in [0.2, 0.25) is 5.91 Å². The van der Waals surface area contributed by atoms with Crippen molar-refractivity contribution in [3.05, 3.63) is 85.1 Å². The minimum atomic E-state index is -4.59. The standard InChI is InChI=1S/C59H107N2O6P/c1-6-8-10-12-14-16-18-19-20-21-22-23-24-25-26-27-28-29-30-31-32-33-34-35-36-37-38-39-40-41-43-45-47-49-51-53-59(63)60-57(56-67-68(64,65)66-55-54-61(3,4)5)58(62)52-50-48-46-44-42-17-15-13-11-9-7-2/h8,10,14,16,19-20,22-23,25-26,28-29,50,52,57-58,62H,6-7,9,11-13,15,17-18,21,24,27,30-49,51,53-56H2,1-5H3,(H-,60,63,64,65)/b10-8-,16-14-,20-19-,23-22-,26-25-,29-28-,52-50+. The van der Waals surface area contributed by atoms with Crippen LogP contribution < -0.4 is 10.2 Å². The molecule has 0 aromatic rings. The molecule has 1 amide bonds. The molecule has 0 aromatic carbocycles. The van der Waals surface area contributed by atoms with E-state index in [0.29, 0.717) is 17.4 Å². The van der Waals surface area contributed by atoms with E-state index in [1.54, 1.807) is 6.08 Å². The maximum absolute atomic E-state index is 12.9. The first-order chi connectivity index (χ1) is 33.0. The van der Waals surface area contributed by atoms with Crippen LogP contribution in [0, 0.1) is 0 Å². The highest BCUT2D eigenvalue weighted by Crippen LogP contribution is 2.38. The van der Waals surface area contributed by atoms with E-state index < -0.39 is 20.0 Å². The number of nitrogens with zero attached hydrogens (tertiary/aromatic N) is 1. The lowest BCUT2D eigenvalue weighted by molar-refractivity contribution is -0.870. The van der Waals surface area contributed by atoms with E-state index in [4.69, 9.17) is 9.05 Å². The summed E-state index contributed by atoms with van der Waals surface area (Å²) >= 11 is 0. The third-order valence-electron chi connectivity index (χ3n) is 12.1. The van der Waals surface area contributed by atoms with E-state index in [1.807, 2.05) is 27.2 Å². The van der Waals surface area contributed by atoms with Crippen LogP contribution in [0.1, 0.15) is 232 Å². The van der Waals surface area contributed by atoms with E-state index in [2.05, 4.69) is 92.1 Å². The van der Waals surface area contributed by atoms with E-state index in [1.165, 1.54) is 135 Å². The van der Waals surface area contributed by atoms with Crippen LogP contribution in [0.5, 0.6) is 0 Å². The number of phosphoric ester groups is 1. The van der Waals surface area contributed by atoms with Crippen molar-refractivity contribution in [2.45, 2.75) is 244 Å². The molecule has 0 aromatic heterocycles. The number of quaternary nitrogens is 1. The first-order valence-electron chi connectivity index (χ1n) is 27.9. The highest BCUT2D eigenvalue weighted by Gasteiger charge is 2.23. The lowest BCUT2D eigenvalue weighted by Crippen LogP contribution is -2.45. The number of likely N-dealkylation sites (N-methyl/N-ethyl adjacent to an activating group) is 1. The maximum atomic E-state index is 12.9. The summed E-state index contributed by atoms with van der Waals surface area (Å²) in [6.45, 7) is 4.52. The zero-order chi connectivity index (χ0) is 49.9. The smallest absolute Gasteiger partial charge is 0.268 e. The summed E-state index contributed by atoms with van der Waals surface area (Å²) in [6, 6.07) is -0.888. The minimum absolute atomic E-state index is 0.00300. The molecule has 8 nitrogen and oxygen atoms in total. The Balaban J connectivity index is 4.01.